The minimum Gasteiger partial charge on any atom is -0.496 e. The number of carbonyl (C=O) groups is 1. The second-order valence-electron chi connectivity index (χ2n) is 4.72. The van der Waals surface area contributed by atoms with Crippen LogP contribution in [0.5, 0.6) is 0 Å². The van der Waals surface area contributed by atoms with Crippen molar-refractivity contribution in [1.82, 2.24) is 0 Å². The number of carbonyl (C=O) groups excluding carboxylic acids is 1. The lowest BCUT2D eigenvalue weighted by atomic mass is 9.75. The second kappa shape index (κ2) is 5.94. The zero-order valence-electron chi connectivity index (χ0n) is 11.8. The maximum absolute atomic E-state index is 12.2. The maximum atomic E-state index is 12.2. The number of Topliss-reactive ketones (excluding diaryl/α,β-unsaturated/α-hetero) is 1. The zero-order chi connectivity index (χ0) is 14.6. The highest BCUT2D eigenvalue weighted by atomic mass is 16.5. The number of ether oxygens (including phenoxy) is 1. The van der Waals surface area contributed by atoms with Crippen LogP contribution in [0.15, 0.2) is 36.1 Å². The van der Waals surface area contributed by atoms with Gasteiger partial charge in [-0.3, -0.25) is 4.79 Å². The lowest BCUT2D eigenvalue weighted by molar-refractivity contribution is -0.129. The van der Waals surface area contributed by atoms with Gasteiger partial charge in [-0.2, -0.15) is 0 Å². The smallest absolute Gasteiger partial charge is 0.248 e. The number of hydrogen-bond acceptors (Lipinski definition) is 3. The molecule has 0 aromatic heterocycles. The first-order valence-corrected chi connectivity index (χ1v) is 6.76. The molecule has 1 atom stereocenters. The van der Waals surface area contributed by atoms with Crippen molar-refractivity contribution in [3.05, 3.63) is 41.7 Å². The zero-order valence-corrected chi connectivity index (χ0v) is 11.8. The lowest BCUT2D eigenvalue weighted by Crippen LogP contribution is -2.49. The van der Waals surface area contributed by atoms with Crippen LogP contribution in [0.4, 0.5) is 0 Å². The molecule has 0 fully saturated rings. The van der Waals surface area contributed by atoms with Crippen LogP contribution >= 0.6 is 0 Å². The van der Waals surface area contributed by atoms with Crippen molar-refractivity contribution in [3.63, 3.8) is 0 Å². The number of aliphatic hydroxyl groups is 1. The number of benzene rings is 1. The van der Waals surface area contributed by atoms with Crippen LogP contribution in [0.3, 0.4) is 0 Å². The number of ketones is 1. The van der Waals surface area contributed by atoms with Crippen molar-refractivity contribution in [2.24, 2.45) is 0 Å². The third-order valence-electron chi connectivity index (χ3n) is 3.30. The van der Waals surface area contributed by atoms with Gasteiger partial charge in [0.2, 0.25) is 11.4 Å². The first-order valence-electron chi connectivity index (χ1n) is 6.76. The summed E-state index contributed by atoms with van der Waals surface area (Å²) in [7, 11) is 1.45. The van der Waals surface area contributed by atoms with E-state index in [9.17, 15) is 9.90 Å². The summed E-state index contributed by atoms with van der Waals surface area (Å²) in [4.78, 5) is 12.2. The Morgan fingerprint density at radius 3 is 2.60 bits per heavy atom. The first-order chi connectivity index (χ1) is 9.65. The van der Waals surface area contributed by atoms with Gasteiger partial charge in [0.1, 0.15) is 0 Å². The monoisotopic (exact) mass is 270 g/mol. The molecule has 0 radical (unpaired) electrons. The van der Waals surface area contributed by atoms with Crippen molar-refractivity contribution in [1.29, 1.82) is 0 Å². The van der Waals surface area contributed by atoms with Gasteiger partial charge < -0.3 is 9.84 Å². The highest BCUT2D eigenvalue weighted by Crippen LogP contribution is 2.41. The molecule has 0 saturated carbocycles. The standard InChI is InChI=1S/C17H18O3/c1-3-4-5-9-12-17(19)15(18)14(16(17)20-2)13-10-7-6-8-11-13/h6-8,10-11,19H,3-5H2,1-2H3. The third kappa shape index (κ3) is 2.35. The quantitative estimate of drug-likeness (QED) is 0.675. The van der Waals surface area contributed by atoms with E-state index in [1.54, 1.807) is 0 Å². The molecule has 2 rings (SSSR count). The number of hydrogen-bond donors (Lipinski definition) is 1. The van der Waals surface area contributed by atoms with E-state index in [2.05, 4.69) is 18.8 Å². The van der Waals surface area contributed by atoms with Gasteiger partial charge in [0.25, 0.3) is 0 Å². The molecule has 1 aliphatic carbocycles. The van der Waals surface area contributed by atoms with E-state index < -0.39 is 5.60 Å². The fraction of sp³-hybridized carbons (Fsp3) is 0.353. The SMILES string of the molecule is CCCCC#CC1(O)C(=O)C(c2ccccc2)=C1OC. The van der Waals surface area contributed by atoms with E-state index >= 15 is 0 Å². The van der Waals surface area contributed by atoms with E-state index in [4.69, 9.17) is 4.74 Å². The van der Waals surface area contributed by atoms with Gasteiger partial charge in [0, 0.05) is 6.42 Å². The first kappa shape index (κ1) is 14.4. The molecular weight excluding hydrogens is 252 g/mol. The van der Waals surface area contributed by atoms with Crippen LogP contribution < -0.4 is 0 Å². The molecule has 0 aliphatic heterocycles. The van der Waals surface area contributed by atoms with Gasteiger partial charge >= 0.3 is 0 Å². The maximum Gasteiger partial charge on any atom is 0.248 e. The molecule has 0 heterocycles. The minimum absolute atomic E-state index is 0.248. The van der Waals surface area contributed by atoms with Crippen molar-refractivity contribution in [3.8, 4) is 11.8 Å². The predicted octanol–water partition coefficient (Wildman–Crippen LogP) is 2.55. The van der Waals surface area contributed by atoms with Crippen LogP contribution in [0, 0.1) is 11.8 Å². The fourth-order valence-corrected chi connectivity index (χ4v) is 2.19. The largest absolute Gasteiger partial charge is 0.496 e. The van der Waals surface area contributed by atoms with Crippen LogP contribution in [0.2, 0.25) is 0 Å². The Morgan fingerprint density at radius 1 is 1.30 bits per heavy atom. The Kier molecular flexibility index (Phi) is 4.26. The molecule has 104 valence electrons. The summed E-state index contributed by atoms with van der Waals surface area (Å²) in [6.07, 6.45) is 2.65. The molecule has 0 amide bonds. The molecule has 20 heavy (non-hydrogen) atoms. The number of unbranched alkanes of at least 4 members (excludes halogenated alkanes) is 2. The van der Waals surface area contributed by atoms with E-state index in [-0.39, 0.29) is 11.5 Å². The topological polar surface area (TPSA) is 46.5 Å². The third-order valence-corrected chi connectivity index (χ3v) is 3.30. The molecule has 0 spiro atoms. The van der Waals surface area contributed by atoms with Crippen molar-refractivity contribution < 1.29 is 14.6 Å². The molecular formula is C17H18O3. The molecule has 0 bridgehead atoms. The van der Waals surface area contributed by atoms with Gasteiger partial charge in [-0.1, -0.05) is 55.5 Å². The normalized spacial score (nSPS) is 21.1. The van der Waals surface area contributed by atoms with E-state index in [0.29, 0.717) is 12.0 Å². The average molecular weight is 270 g/mol. The second-order valence-corrected chi connectivity index (χ2v) is 4.72. The molecule has 1 N–H and O–H groups in total. The summed E-state index contributed by atoms with van der Waals surface area (Å²) in [6.45, 7) is 2.07. The van der Waals surface area contributed by atoms with Crippen molar-refractivity contribution in [2.45, 2.75) is 31.8 Å². The summed E-state index contributed by atoms with van der Waals surface area (Å²) in [5, 5.41) is 10.4. The van der Waals surface area contributed by atoms with Crippen molar-refractivity contribution in [2.75, 3.05) is 7.11 Å². The number of rotatable bonds is 4. The lowest BCUT2D eigenvalue weighted by Gasteiger charge is -2.34. The highest BCUT2D eigenvalue weighted by molar-refractivity contribution is 6.35. The fourth-order valence-electron chi connectivity index (χ4n) is 2.19. The molecule has 1 aliphatic rings. The van der Waals surface area contributed by atoms with Gasteiger partial charge in [0.05, 0.1) is 12.7 Å². The Bertz CT molecular complexity index is 590. The van der Waals surface area contributed by atoms with Gasteiger partial charge in [-0.15, -0.1) is 0 Å². The number of methoxy groups -OCH3 is 1. The van der Waals surface area contributed by atoms with E-state index in [1.807, 2.05) is 30.3 Å². The van der Waals surface area contributed by atoms with Crippen LogP contribution in [-0.2, 0) is 9.53 Å². The summed E-state index contributed by atoms with van der Waals surface area (Å²) < 4.78 is 5.20. The Balaban J connectivity index is 2.32. The summed E-state index contributed by atoms with van der Waals surface area (Å²) in [5.41, 5.74) is -0.608. The Labute approximate surface area is 119 Å². The highest BCUT2D eigenvalue weighted by Gasteiger charge is 2.54. The summed E-state index contributed by atoms with van der Waals surface area (Å²) in [6, 6.07) is 9.18. The van der Waals surface area contributed by atoms with Crippen LogP contribution in [0.25, 0.3) is 5.57 Å². The predicted molar refractivity (Wildman–Crippen MR) is 77.6 cm³/mol. The van der Waals surface area contributed by atoms with Gasteiger partial charge in [-0.25, -0.2) is 0 Å². The van der Waals surface area contributed by atoms with Crippen molar-refractivity contribution >= 4 is 11.4 Å². The molecule has 1 aromatic carbocycles. The van der Waals surface area contributed by atoms with Crippen LogP contribution in [0.1, 0.15) is 31.7 Å². The Morgan fingerprint density at radius 2 is 2.00 bits per heavy atom. The molecule has 3 nitrogen and oxygen atoms in total. The summed E-state index contributed by atoms with van der Waals surface area (Å²) in [5.74, 6) is 5.38. The summed E-state index contributed by atoms with van der Waals surface area (Å²) >= 11 is 0. The molecule has 0 saturated heterocycles. The van der Waals surface area contributed by atoms with Crippen LogP contribution in [-0.4, -0.2) is 23.6 Å². The molecule has 1 aromatic rings. The van der Waals surface area contributed by atoms with E-state index in [0.717, 1.165) is 18.4 Å². The minimum atomic E-state index is -1.77. The average Bonchev–Trinajstić information content (AvgIpc) is 2.49. The van der Waals surface area contributed by atoms with Gasteiger partial charge in [0.15, 0.2) is 5.76 Å². The molecule has 1 unspecified atom stereocenters. The van der Waals surface area contributed by atoms with E-state index in [1.165, 1.54) is 7.11 Å². The molecule has 3 heteroatoms. The Hall–Kier alpha value is -2.05. The van der Waals surface area contributed by atoms with Gasteiger partial charge in [-0.05, 0) is 12.0 Å².